The number of nitrogens with one attached hydrogen (secondary N) is 1. The fourth-order valence-electron chi connectivity index (χ4n) is 2.43. The zero-order valence-corrected chi connectivity index (χ0v) is 13.3. The van der Waals surface area contributed by atoms with Crippen molar-refractivity contribution in [1.82, 2.24) is 0 Å². The van der Waals surface area contributed by atoms with Crippen LogP contribution in [0.25, 0.3) is 5.57 Å². The largest absolute Gasteiger partial charge is 0.497 e. The molecule has 0 fully saturated rings. The summed E-state index contributed by atoms with van der Waals surface area (Å²) < 4.78 is 29.8. The molecule has 1 aliphatic rings. The third kappa shape index (κ3) is 3.27. The third-order valence-electron chi connectivity index (χ3n) is 3.53. The van der Waals surface area contributed by atoms with Gasteiger partial charge in [0.2, 0.25) is 0 Å². The lowest BCUT2D eigenvalue weighted by molar-refractivity contribution is -0.110. The van der Waals surface area contributed by atoms with Gasteiger partial charge in [-0.1, -0.05) is 30.3 Å². The van der Waals surface area contributed by atoms with E-state index in [1.807, 2.05) is 0 Å². The van der Waals surface area contributed by atoms with Gasteiger partial charge in [-0.3, -0.25) is 4.79 Å². The van der Waals surface area contributed by atoms with E-state index in [0.717, 1.165) is 5.41 Å². The van der Waals surface area contributed by atoms with E-state index < -0.39 is 15.7 Å². The Labute approximate surface area is 134 Å². The van der Waals surface area contributed by atoms with Crippen molar-refractivity contribution in [3.05, 3.63) is 65.1 Å². The van der Waals surface area contributed by atoms with Crippen LogP contribution in [0.1, 0.15) is 11.1 Å². The molecule has 0 spiro atoms. The molecular formula is C17H15NO4S. The van der Waals surface area contributed by atoms with Crippen LogP contribution in [0.2, 0.25) is 0 Å². The second-order valence-corrected chi connectivity index (χ2v) is 7.04. The smallest absolute Gasteiger partial charge is 0.257 e. The molecule has 0 saturated heterocycles. The highest BCUT2D eigenvalue weighted by atomic mass is 32.2. The number of sulfone groups is 1. The summed E-state index contributed by atoms with van der Waals surface area (Å²) in [6, 6.07) is 13.8. The molecule has 0 radical (unpaired) electrons. The van der Waals surface area contributed by atoms with Crippen molar-refractivity contribution in [3.63, 3.8) is 0 Å². The number of anilines is 1. The van der Waals surface area contributed by atoms with Crippen LogP contribution in [0.5, 0.6) is 5.75 Å². The molecule has 1 aliphatic heterocycles. The van der Waals surface area contributed by atoms with Crippen molar-refractivity contribution in [2.24, 2.45) is 0 Å². The molecular weight excluding hydrogens is 314 g/mol. The summed E-state index contributed by atoms with van der Waals surface area (Å²) in [6.45, 7) is 0. The first-order valence-corrected chi connectivity index (χ1v) is 8.68. The Morgan fingerprint density at radius 1 is 1.09 bits per heavy atom. The summed E-state index contributed by atoms with van der Waals surface area (Å²) >= 11 is 0. The lowest BCUT2D eigenvalue weighted by atomic mass is 10.1. The molecule has 0 unspecified atom stereocenters. The van der Waals surface area contributed by atoms with Gasteiger partial charge >= 0.3 is 0 Å². The van der Waals surface area contributed by atoms with E-state index in [0.29, 0.717) is 22.6 Å². The standard InChI is InChI=1S/C17H15NO4S/c1-22-13-8-6-12(7-9-13)10-23(20,21)11-15-14-4-2-3-5-16(14)18-17(15)19/h2-9,11H,10H2,1H3,(H,18,19). The number of hydrogen-bond donors (Lipinski definition) is 1. The highest BCUT2D eigenvalue weighted by Crippen LogP contribution is 2.32. The summed E-state index contributed by atoms with van der Waals surface area (Å²) in [5.41, 5.74) is 2.04. The van der Waals surface area contributed by atoms with Gasteiger partial charge in [-0.2, -0.15) is 0 Å². The van der Waals surface area contributed by atoms with Gasteiger partial charge in [0.25, 0.3) is 5.91 Å². The average Bonchev–Trinajstić information content (AvgIpc) is 2.83. The number of methoxy groups -OCH3 is 1. The van der Waals surface area contributed by atoms with E-state index in [9.17, 15) is 13.2 Å². The van der Waals surface area contributed by atoms with E-state index in [4.69, 9.17) is 4.74 Å². The molecule has 2 aromatic carbocycles. The van der Waals surface area contributed by atoms with Gasteiger partial charge in [-0.25, -0.2) is 8.42 Å². The Balaban J connectivity index is 1.89. The molecule has 1 N–H and O–H groups in total. The quantitative estimate of drug-likeness (QED) is 0.875. The molecule has 0 bridgehead atoms. The second kappa shape index (κ2) is 5.89. The number of carbonyl (C=O) groups is 1. The number of fused-ring (bicyclic) bond motifs is 1. The number of hydrogen-bond acceptors (Lipinski definition) is 4. The Bertz CT molecular complexity index is 883. The fourth-order valence-corrected chi connectivity index (χ4v) is 3.76. The number of carbonyl (C=O) groups excluding carboxylic acids is 1. The summed E-state index contributed by atoms with van der Waals surface area (Å²) in [6.07, 6.45) is 0. The first-order valence-electron chi connectivity index (χ1n) is 6.97. The summed E-state index contributed by atoms with van der Waals surface area (Å²) in [7, 11) is -2.03. The van der Waals surface area contributed by atoms with E-state index in [2.05, 4.69) is 5.32 Å². The van der Waals surface area contributed by atoms with Gasteiger partial charge < -0.3 is 10.1 Å². The minimum absolute atomic E-state index is 0.171. The van der Waals surface area contributed by atoms with Gasteiger partial charge in [0.1, 0.15) is 5.75 Å². The predicted molar refractivity (Wildman–Crippen MR) is 88.7 cm³/mol. The molecule has 5 nitrogen and oxygen atoms in total. The number of rotatable bonds is 4. The number of para-hydroxylation sites is 1. The third-order valence-corrected chi connectivity index (χ3v) is 4.86. The van der Waals surface area contributed by atoms with Crippen LogP contribution in [0.4, 0.5) is 5.69 Å². The number of amides is 1. The lowest BCUT2D eigenvalue weighted by Gasteiger charge is -2.03. The molecule has 118 valence electrons. The Hall–Kier alpha value is -2.60. The first kappa shape index (κ1) is 15.3. The Kier molecular flexibility index (Phi) is 3.92. The number of benzene rings is 2. The highest BCUT2D eigenvalue weighted by molar-refractivity contribution is 7.93. The minimum atomic E-state index is -3.58. The zero-order valence-electron chi connectivity index (χ0n) is 12.4. The maximum Gasteiger partial charge on any atom is 0.257 e. The van der Waals surface area contributed by atoms with Crippen molar-refractivity contribution in [1.29, 1.82) is 0 Å². The van der Waals surface area contributed by atoms with Crippen molar-refractivity contribution < 1.29 is 17.9 Å². The summed E-state index contributed by atoms with van der Waals surface area (Å²) in [4.78, 5) is 12.0. The van der Waals surface area contributed by atoms with E-state index in [1.54, 1.807) is 55.6 Å². The minimum Gasteiger partial charge on any atom is -0.497 e. The van der Waals surface area contributed by atoms with E-state index >= 15 is 0 Å². The molecule has 0 aromatic heterocycles. The van der Waals surface area contributed by atoms with Gasteiger partial charge in [0, 0.05) is 16.7 Å². The molecule has 0 aliphatic carbocycles. The molecule has 23 heavy (non-hydrogen) atoms. The van der Waals surface area contributed by atoms with Gasteiger partial charge in [0.05, 0.1) is 18.4 Å². The monoisotopic (exact) mass is 329 g/mol. The van der Waals surface area contributed by atoms with Crippen LogP contribution in [-0.4, -0.2) is 21.4 Å². The molecule has 1 amide bonds. The van der Waals surface area contributed by atoms with Crippen LogP contribution in [0.3, 0.4) is 0 Å². The second-order valence-electron chi connectivity index (χ2n) is 5.19. The summed E-state index contributed by atoms with van der Waals surface area (Å²) in [5.74, 6) is 0.0914. The Morgan fingerprint density at radius 3 is 2.48 bits per heavy atom. The summed E-state index contributed by atoms with van der Waals surface area (Å²) in [5, 5.41) is 3.71. The van der Waals surface area contributed by atoms with E-state index in [1.165, 1.54) is 0 Å². The molecule has 1 heterocycles. The molecule has 2 aromatic rings. The molecule has 3 rings (SSSR count). The maximum atomic E-state index is 12.4. The Morgan fingerprint density at radius 2 is 1.78 bits per heavy atom. The fraction of sp³-hybridized carbons (Fsp3) is 0.118. The van der Waals surface area contributed by atoms with Crippen LogP contribution >= 0.6 is 0 Å². The SMILES string of the molecule is COc1ccc(CS(=O)(=O)C=C2C(=O)Nc3ccccc32)cc1. The van der Waals surface area contributed by atoms with Gasteiger partial charge in [-0.15, -0.1) is 0 Å². The topological polar surface area (TPSA) is 72.5 Å². The van der Waals surface area contributed by atoms with Crippen LogP contribution in [-0.2, 0) is 20.4 Å². The van der Waals surface area contributed by atoms with Crippen LogP contribution in [0.15, 0.2) is 53.9 Å². The molecule has 0 saturated carbocycles. The van der Waals surface area contributed by atoms with Gasteiger partial charge in [-0.05, 0) is 23.8 Å². The van der Waals surface area contributed by atoms with Crippen molar-refractivity contribution in [2.75, 3.05) is 12.4 Å². The van der Waals surface area contributed by atoms with Crippen LogP contribution in [0, 0.1) is 0 Å². The highest BCUT2D eigenvalue weighted by Gasteiger charge is 2.25. The van der Waals surface area contributed by atoms with E-state index in [-0.39, 0.29) is 11.3 Å². The number of ether oxygens (including phenoxy) is 1. The maximum absolute atomic E-state index is 12.4. The van der Waals surface area contributed by atoms with Crippen molar-refractivity contribution >= 4 is 27.0 Å². The molecule has 0 atom stereocenters. The molecule has 6 heteroatoms. The zero-order chi connectivity index (χ0) is 16.4. The lowest BCUT2D eigenvalue weighted by Crippen LogP contribution is -2.07. The van der Waals surface area contributed by atoms with Crippen LogP contribution < -0.4 is 10.1 Å². The predicted octanol–water partition coefficient (Wildman–Crippen LogP) is 2.60. The van der Waals surface area contributed by atoms with Crippen molar-refractivity contribution in [3.8, 4) is 5.75 Å². The van der Waals surface area contributed by atoms with Crippen molar-refractivity contribution in [2.45, 2.75) is 5.75 Å². The first-order chi connectivity index (χ1) is 11.0. The normalized spacial score (nSPS) is 15.3. The average molecular weight is 329 g/mol. The van der Waals surface area contributed by atoms with Gasteiger partial charge in [0.15, 0.2) is 9.84 Å².